The SMILES string of the molecule is C#CCn1cc(/C=C2\NC(=O)N(Cc3ccc(Cl)cc3)C2=O)c2ccccc21. The van der Waals surface area contributed by atoms with Crippen LogP contribution in [0.2, 0.25) is 5.02 Å². The number of amides is 3. The Morgan fingerprint density at radius 3 is 2.61 bits per heavy atom. The Morgan fingerprint density at radius 2 is 1.86 bits per heavy atom. The molecule has 0 aliphatic carbocycles. The van der Waals surface area contributed by atoms with Gasteiger partial charge in [0, 0.05) is 27.7 Å². The van der Waals surface area contributed by atoms with Crippen LogP contribution in [0.5, 0.6) is 0 Å². The van der Waals surface area contributed by atoms with Gasteiger partial charge in [0.15, 0.2) is 0 Å². The number of carbonyl (C=O) groups excluding carboxylic acids is 2. The summed E-state index contributed by atoms with van der Waals surface area (Å²) in [6.45, 7) is 0.602. The third kappa shape index (κ3) is 3.26. The Hall–Kier alpha value is -3.49. The number of imide groups is 1. The van der Waals surface area contributed by atoms with E-state index in [1.807, 2.05) is 35.0 Å². The minimum atomic E-state index is -0.446. The number of hydrogen-bond acceptors (Lipinski definition) is 2. The standard InChI is InChI=1S/C22H16ClN3O2/c1-2-11-25-14-16(18-5-3-4-6-20(18)25)12-19-21(27)26(22(28)24-19)13-15-7-9-17(23)10-8-15/h1,3-10,12,14H,11,13H2,(H,24,28)/b19-12-. The Bertz CT molecular complexity index is 1150. The van der Waals surface area contributed by atoms with Crippen LogP contribution < -0.4 is 5.32 Å². The second-order valence-corrected chi connectivity index (χ2v) is 6.88. The normalized spacial score (nSPS) is 15.3. The van der Waals surface area contributed by atoms with Crippen molar-refractivity contribution < 1.29 is 9.59 Å². The van der Waals surface area contributed by atoms with Crippen molar-refractivity contribution in [2.45, 2.75) is 13.1 Å². The van der Waals surface area contributed by atoms with Gasteiger partial charge in [0.1, 0.15) is 5.70 Å². The van der Waals surface area contributed by atoms with Gasteiger partial charge in [-0.3, -0.25) is 9.69 Å². The molecule has 3 amide bonds. The molecule has 3 aromatic rings. The topological polar surface area (TPSA) is 54.3 Å². The average Bonchev–Trinajstić information content (AvgIpc) is 3.17. The van der Waals surface area contributed by atoms with Crippen molar-refractivity contribution in [1.29, 1.82) is 0 Å². The van der Waals surface area contributed by atoms with E-state index in [9.17, 15) is 9.59 Å². The van der Waals surface area contributed by atoms with Gasteiger partial charge in [-0.2, -0.15) is 0 Å². The Kier molecular flexibility index (Phi) is 4.64. The zero-order chi connectivity index (χ0) is 19.7. The van der Waals surface area contributed by atoms with E-state index in [0.717, 1.165) is 22.0 Å². The van der Waals surface area contributed by atoms with Gasteiger partial charge in [0.25, 0.3) is 5.91 Å². The number of halogens is 1. The van der Waals surface area contributed by atoms with Crippen LogP contribution in [-0.2, 0) is 17.9 Å². The predicted octanol–water partition coefficient (Wildman–Crippen LogP) is 4.02. The van der Waals surface area contributed by atoms with Gasteiger partial charge >= 0.3 is 6.03 Å². The molecule has 0 saturated carbocycles. The summed E-state index contributed by atoms with van der Waals surface area (Å²) in [4.78, 5) is 26.3. The fourth-order valence-corrected chi connectivity index (χ4v) is 3.39. The van der Waals surface area contributed by atoms with E-state index in [4.69, 9.17) is 18.0 Å². The Labute approximate surface area is 167 Å². The van der Waals surface area contributed by atoms with Crippen LogP contribution in [-0.4, -0.2) is 21.4 Å². The van der Waals surface area contributed by atoms with E-state index < -0.39 is 6.03 Å². The Morgan fingerprint density at radius 1 is 1.11 bits per heavy atom. The minimum absolute atomic E-state index is 0.179. The average molecular weight is 390 g/mol. The van der Waals surface area contributed by atoms with Gasteiger partial charge in [0.05, 0.1) is 13.1 Å². The number of urea groups is 1. The summed E-state index contributed by atoms with van der Waals surface area (Å²) in [6, 6.07) is 14.4. The summed E-state index contributed by atoms with van der Waals surface area (Å²) >= 11 is 5.89. The van der Waals surface area contributed by atoms with Crippen LogP contribution in [0.15, 0.2) is 60.4 Å². The molecule has 0 radical (unpaired) electrons. The summed E-state index contributed by atoms with van der Waals surface area (Å²) in [6.07, 6.45) is 9.03. The van der Waals surface area contributed by atoms with Crippen molar-refractivity contribution in [2.24, 2.45) is 0 Å². The smallest absolute Gasteiger partial charge is 0.329 e. The predicted molar refractivity (Wildman–Crippen MR) is 109 cm³/mol. The summed E-state index contributed by atoms with van der Waals surface area (Å²) in [5.74, 6) is 2.26. The summed E-state index contributed by atoms with van der Waals surface area (Å²) in [5.41, 5.74) is 2.85. The lowest BCUT2D eigenvalue weighted by atomic mass is 10.1. The summed E-state index contributed by atoms with van der Waals surface area (Å²) < 4.78 is 1.94. The molecule has 138 valence electrons. The van der Waals surface area contributed by atoms with Crippen LogP contribution in [0.1, 0.15) is 11.1 Å². The van der Waals surface area contributed by atoms with Crippen LogP contribution >= 0.6 is 11.6 Å². The van der Waals surface area contributed by atoms with E-state index in [-0.39, 0.29) is 18.1 Å². The highest BCUT2D eigenvalue weighted by Gasteiger charge is 2.33. The van der Waals surface area contributed by atoms with Gasteiger partial charge in [-0.15, -0.1) is 6.42 Å². The number of fused-ring (bicyclic) bond motifs is 1. The van der Waals surface area contributed by atoms with Crippen molar-refractivity contribution in [3.05, 3.63) is 76.6 Å². The minimum Gasteiger partial charge on any atom is -0.335 e. The number of nitrogens with zero attached hydrogens (tertiary/aromatic N) is 2. The lowest BCUT2D eigenvalue weighted by Crippen LogP contribution is -2.30. The van der Waals surface area contributed by atoms with Gasteiger partial charge in [-0.25, -0.2) is 4.79 Å². The second kappa shape index (κ2) is 7.26. The molecule has 1 aliphatic heterocycles. The molecule has 6 heteroatoms. The third-order valence-corrected chi connectivity index (χ3v) is 4.85. The second-order valence-electron chi connectivity index (χ2n) is 6.44. The van der Waals surface area contributed by atoms with Crippen molar-refractivity contribution in [3.63, 3.8) is 0 Å². The van der Waals surface area contributed by atoms with E-state index in [1.165, 1.54) is 4.90 Å². The first-order valence-corrected chi connectivity index (χ1v) is 9.05. The molecule has 1 saturated heterocycles. The number of aromatic nitrogens is 1. The first-order valence-electron chi connectivity index (χ1n) is 8.67. The van der Waals surface area contributed by atoms with Crippen molar-refractivity contribution in [2.75, 3.05) is 0 Å². The summed E-state index contributed by atoms with van der Waals surface area (Å²) in [5, 5.41) is 4.23. The molecule has 28 heavy (non-hydrogen) atoms. The highest BCUT2D eigenvalue weighted by molar-refractivity contribution is 6.30. The number of para-hydroxylation sites is 1. The largest absolute Gasteiger partial charge is 0.335 e. The number of benzene rings is 2. The van der Waals surface area contributed by atoms with Crippen molar-refractivity contribution >= 4 is 40.5 Å². The quantitative estimate of drug-likeness (QED) is 0.416. The van der Waals surface area contributed by atoms with Crippen LogP contribution in [0.3, 0.4) is 0 Å². The monoisotopic (exact) mass is 389 g/mol. The van der Waals surface area contributed by atoms with E-state index >= 15 is 0 Å². The maximum Gasteiger partial charge on any atom is 0.329 e. The first kappa shape index (κ1) is 17.9. The number of nitrogens with one attached hydrogen (secondary N) is 1. The summed E-state index contributed by atoms with van der Waals surface area (Å²) in [7, 11) is 0. The zero-order valence-electron chi connectivity index (χ0n) is 14.9. The fourth-order valence-electron chi connectivity index (χ4n) is 3.26. The highest BCUT2D eigenvalue weighted by atomic mass is 35.5. The fraction of sp³-hybridized carbons (Fsp3) is 0.0909. The Balaban J connectivity index is 1.65. The molecule has 0 spiro atoms. The lowest BCUT2D eigenvalue weighted by Gasteiger charge is -2.11. The van der Waals surface area contributed by atoms with Crippen LogP contribution in [0.25, 0.3) is 17.0 Å². The lowest BCUT2D eigenvalue weighted by molar-refractivity contribution is -0.123. The zero-order valence-corrected chi connectivity index (χ0v) is 15.6. The number of hydrogen-bond donors (Lipinski definition) is 1. The molecule has 1 aromatic heterocycles. The molecular weight excluding hydrogens is 374 g/mol. The van der Waals surface area contributed by atoms with Crippen molar-refractivity contribution in [3.8, 4) is 12.3 Å². The van der Waals surface area contributed by atoms with Crippen molar-refractivity contribution in [1.82, 2.24) is 14.8 Å². The molecule has 2 heterocycles. The number of terminal acetylenes is 1. The first-order chi connectivity index (χ1) is 13.6. The molecule has 4 rings (SSSR count). The molecule has 0 atom stereocenters. The van der Waals surface area contributed by atoms with Gasteiger partial charge in [-0.1, -0.05) is 47.9 Å². The molecule has 5 nitrogen and oxygen atoms in total. The molecule has 1 N–H and O–H groups in total. The van der Waals surface area contributed by atoms with E-state index in [1.54, 1.807) is 30.3 Å². The van der Waals surface area contributed by atoms with Crippen LogP contribution in [0, 0.1) is 12.3 Å². The van der Waals surface area contributed by atoms with E-state index in [2.05, 4.69) is 11.2 Å². The maximum absolute atomic E-state index is 12.8. The highest BCUT2D eigenvalue weighted by Crippen LogP contribution is 2.25. The molecule has 1 fully saturated rings. The maximum atomic E-state index is 12.8. The van der Waals surface area contributed by atoms with Gasteiger partial charge < -0.3 is 9.88 Å². The molecule has 0 unspecified atom stereocenters. The number of carbonyl (C=O) groups is 2. The molecule has 2 aromatic carbocycles. The molecular formula is C22H16ClN3O2. The molecule has 1 aliphatic rings. The molecule has 0 bridgehead atoms. The third-order valence-electron chi connectivity index (χ3n) is 4.60. The van der Waals surface area contributed by atoms with E-state index in [0.29, 0.717) is 11.6 Å². The van der Waals surface area contributed by atoms with Gasteiger partial charge in [0.2, 0.25) is 0 Å². The van der Waals surface area contributed by atoms with Gasteiger partial charge in [-0.05, 0) is 29.8 Å². The number of rotatable bonds is 4. The van der Waals surface area contributed by atoms with Crippen LogP contribution in [0.4, 0.5) is 4.79 Å².